The molecule has 0 amide bonds. The molecule has 96 valence electrons. The van der Waals surface area contributed by atoms with Gasteiger partial charge in [-0.1, -0.05) is 17.7 Å². The van der Waals surface area contributed by atoms with Crippen LogP contribution in [0.15, 0.2) is 36.4 Å². The normalized spacial score (nSPS) is 10.0. The average molecular weight is 296 g/mol. The zero-order chi connectivity index (χ0) is 13.8. The third-order valence-electron chi connectivity index (χ3n) is 2.50. The highest BCUT2D eigenvalue weighted by Gasteiger charge is 2.09. The summed E-state index contributed by atoms with van der Waals surface area (Å²) in [6.07, 6.45) is 0. The van der Waals surface area contributed by atoms with E-state index in [1.54, 1.807) is 24.3 Å². The molecule has 2 aromatic carbocycles. The summed E-state index contributed by atoms with van der Waals surface area (Å²) in [4.78, 5) is 0. The summed E-state index contributed by atoms with van der Waals surface area (Å²) in [6.45, 7) is 0. The van der Waals surface area contributed by atoms with Crippen LogP contribution in [0.1, 0.15) is 11.1 Å². The molecular formula is C14H8Cl2FNO. The fourth-order valence-electron chi connectivity index (χ4n) is 1.54. The van der Waals surface area contributed by atoms with E-state index in [4.69, 9.17) is 33.2 Å². The third kappa shape index (κ3) is 2.98. The summed E-state index contributed by atoms with van der Waals surface area (Å²) in [5, 5.41) is 9.14. The van der Waals surface area contributed by atoms with Gasteiger partial charge in [0.1, 0.15) is 23.4 Å². The molecular weight excluding hydrogens is 288 g/mol. The standard InChI is InChI=1S/C14H8Cl2FNO/c15-7-11-12(16)2-1-3-14(11)19-10-5-4-9(8-18)13(17)6-10/h1-6H,7H2. The van der Waals surface area contributed by atoms with E-state index in [2.05, 4.69) is 0 Å². The number of nitriles is 1. The molecule has 0 saturated heterocycles. The molecule has 0 spiro atoms. The molecule has 0 radical (unpaired) electrons. The van der Waals surface area contributed by atoms with E-state index in [0.29, 0.717) is 16.3 Å². The number of rotatable bonds is 3. The molecule has 0 aliphatic rings. The number of alkyl halides is 1. The summed E-state index contributed by atoms with van der Waals surface area (Å²) in [5.41, 5.74) is 0.603. The van der Waals surface area contributed by atoms with Gasteiger partial charge >= 0.3 is 0 Å². The average Bonchev–Trinajstić information content (AvgIpc) is 2.39. The van der Waals surface area contributed by atoms with Gasteiger partial charge in [0.25, 0.3) is 0 Å². The number of hydrogen-bond donors (Lipinski definition) is 0. The number of halogens is 3. The molecule has 0 aliphatic heterocycles. The van der Waals surface area contributed by atoms with Crippen LogP contribution in [-0.4, -0.2) is 0 Å². The summed E-state index contributed by atoms with van der Waals surface area (Å²) < 4.78 is 19.0. The molecule has 0 atom stereocenters. The van der Waals surface area contributed by atoms with Gasteiger partial charge in [-0.25, -0.2) is 4.39 Å². The SMILES string of the molecule is N#Cc1ccc(Oc2cccc(Cl)c2CCl)cc1F. The van der Waals surface area contributed by atoms with Crippen molar-refractivity contribution in [2.24, 2.45) is 0 Å². The van der Waals surface area contributed by atoms with Gasteiger partial charge < -0.3 is 4.74 Å². The fraction of sp³-hybridized carbons (Fsp3) is 0.0714. The van der Waals surface area contributed by atoms with E-state index in [0.717, 1.165) is 6.07 Å². The van der Waals surface area contributed by atoms with Crippen molar-refractivity contribution < 1.29 is 9.13 Å². The molecule has 5 heteroatoms. The minimum atomic E-state index is -0.630. The van der Waals surface area contributed by atoms with Gasteiger partial charge in [-0.2, -0.15) is 5.26 Å². The Labute approximate surface area is 119 Å². The first-order chi connectivity index (χ1) is 9.15. The van der Waals surface area contributed by atoms with Crippen LogP contribution < -0.4 is 4.74 Å². The van der Waals surface area contributed by atoms with Gasteiger partial charge in [-0.05, 0) is 24.3 Å². The van der Waals surface area contributed by atoms with Crippen molar-refractivity contribution in [1.82, 2.24) is 0 Å². The Bertz CT molecular complexity index is 652. The predicted octanol–water partition coefficient (Wildman–Crippen LogP) is 4.88. The lowest BCUT2D eigenvalue weighted by molar-refractivity contribution is 0.472. The van der Waals surface area contributed by atoms with Crippen LogP contribution in [0.4, 0.5) is 4.39 Å². The van der Waals surface area contributed by atoms with Crippen LogP contribution in [0.2, 0.25) is 5.02 Å². The van der Waals surface area contributed by atoms with Crippen LogP contribution in [-0.2, 0) is 5.88 Å². The smallest absolute Gasteiger partial charge is 0.144 e. The Morgan fingerprint density at radius 3 is 2.68 bits per heavy atom. The molecule has 0 fully saturated rings. The Kier molecular flexibility index (Phi) is 4.26. The highest BCUT2D eigenvalue weighted by Crippen LogP contribution is 2.32. The van der Waals surface area contributed by atoms with Crippen LogP contribution in [0.25, 0.3) is 0 Å². The molecule has 2 nitrogen and oxygen atoms in total. The first kappa shape index (κ1) is 13.7. The molecule has 0 aromatic heterocycles. The van der Waals surface area contributed by atoms with Crippen LogP contribution in [0.5, 0.6) is 11.5 Å². The van der Waals surface area contributed by atoms with E-state index < -0.39 is 5.82 Å². The largest absolute Gasteiger partial charge is 0.457 e. The molecule has 0 aliphatic carbocycles. The number of benzene rings is 2. The Morgan fingerprint density at radius 2 is 2.05 bits per heavy atom. The lowest BCUT2D eigenvalue weighted by Crippen LogP contribution is -1.92. The van der Waals surface area contributed by atoms with Crippen molar-refractivity contribution in [3.05, 3.63) is 58.4 Å². The van der Waals surface area contributed by atoms with Crippen LogP contribution >= 0.6 is 23.2 Å². The molecule has 19 heavy (non-hydrogen) atoms. The second-order valence-corrected chi connectivity index (χ2v) is 4.38. The van der Waals surface area contributed by atoms with E-state index >= 15 is 0 Å². The Morgan fingerprint density at radius 1 is 1.26 bits per heavy atom. The van der Waals surface area contributed by atoms with Gasteiger partial charge in [0.15, 0.2) is 0 Å². The minimum Gasteiger partial charge on any atom is -0.457 e. The molecule has 0 unspecified atom stereocenters. The highest BCUT2D eigenvalue weighted by molar-refractivity contribution is 6.32. The monoisotopic (exact) mass is 295 g/mol. The van der Waals surface area contributed by atoms with Crippen LogP contribution in [0, 0.1) is 17.1 Å². The minimum absolute atomic E-state index is 0.0315. The van der Waals surface area contributed by atoms with Gasteiger partial charge in [-0.15, -0.1) is 11.6 Å². The number of nitrogens with zero attached hydrogens (tertiary/aromatic N) is 1. The summed E-state index contributed by atoms with van der Waals surface area (Å²) >= 11 is 11.8. The van der Waals surface area contributed by atoms with E-state index in [9.17, 15) is 4.39 Å². The zero-order valence-corrected chi connectivity index (χ0v) is 11.2. The molecule has 2 aromatic rings. The number of hydrogen-bond acceptors (Lipinski definition) is 2. The fourth-order valence-corrected chi connectivity index (χ4v) is 2.12. The first-order valence-electron chi connectivity index (χ1n) is 5.36. The van der Waals surface area contributed by atoms with Gasteiger partial charge in [0.2, 0.25) is 0 Å². The molecule has 0 bridgehead atoms. The van der Waals surface area contributed by atoms with Crippen molar-refractivity contribution in [2.45, 2.75) is 5.88 Å². The second-order valence-electron chi connectivity index (χ2n) is 3.71. The topological polar surface area (TPSA) is 33.0 Å². The first-order valence-corrected chi connectivity index (χ1v) is 6.28. The van der Waals surface area contributed by atoms with E-state index in [-0.39, 0.29) is 17.2 Å². The van der Waals surface area contributed by atoms with E-state index in [1.807, 2.05) is 0 Å². The Balaban J connectivity index is 2.34. The summed E-state index contributed by atoms with van der Waals surface area (Å²) in [6, 6.07) is 10.9. The van der Waals surface area contributed by atoms with Crippen molar-refractivity contribution in [2.75, 3.05) is 0 Å². The zero-order valence-electron chi connectivity index (χ0n) is 9.66. The predicted molar refractivity (Wildman–Crippen MR) is 72.2 cm³/mol. The molecule has 0 N–H and O–H groups in total. The van der Waals surface area contributed by atoms with Crippen molar-refractivity contribution in [3.63, 3.8) is 0 Å². The maximum absolute atomic E-state index is 13.5. The maximum atomic E-state index is 13.5. The molecule has 0 heterocycles. The van der Waals surface area contributed by atoms with Gasteiger partial charge in [-0.3, -0.25) is 0 Å². The lowest BCUT2D eigenvalue weighted by Gasteiger charge is -2.11. The van der Waals surface area contributed by atoms with E-state index in [1.165, 1.54) is 12.1 Å². The second kappa shape index (κ2) is 5.92. The third-order valence-corrected chi connectivity index (χ3v) is 3.12. The highest BCUT2D eigenvalue weighted by atomic mass is 35.5. The lowest BCUT2D eigenvalue weighted by atomic mass is 10.2. The number of ether oxygens (including phenoxy) is 1. The maximum Gasteiger partial charge on any atom is 0.144 e. The summed E-state index contributed by atoms with van der Waals surface area (Å²) in [7, 11) is 0. The quantitative estimate of drug-likeness (QED) is 0.756. The Hall–Kier alpha value is -1.76. The van der Waals surface area contributed by atoms with Crippen molar-refractivity contribution in [1.29, 1.82) is 5.26 Å². The van der Waals surface area contributed by atoms with Crippen molar-refractivity contribution in [3.8, 4) is 17.6 Å². The van der Waals surface area contributed by atoms with Crippen molar-refractivity contribution >= 4 is 23.2 Å². The van der Waals surface area contributed by atoms with Crippen LogP contribution in [0.3, 0.4) is 0 Å². The molecule has 2 rings (SSSR count). The van der Waals surface area contributed by atoms with Gasteiger partial charge in [0, 0.05) is 16.7 Å². The summed E-state index contributed by atoms with van der Waals surface area (Å²) in [5.74, 6) is 0.305. The van der Waals surface area contributed by atoms with Gasteiger partial charge in [0.05, 0.1) is 11.4 Å². The molecule has 0 saturated carbocycles.